The number of benzene rings is 1. The summed E-state index contributed by atoms with van der Waals surface area (Å²) < 4.78 is 20.6. The summed E-state index contributed by atoms with van der Waals surface area (Å²) in [5.41, 5.74) is 1.52. The molecule has 1 unspecified atom stereocenters. The van der Waals surface area contributed by atoms with Gasteiger partial charge >= 0.3 is 5.97 Å². The van der Waals surface area contributed by atoms with E-state index in [9.17, 15) is 14.4 Å². The van der Waals surface area contributed by atoms with Gasteiger partial charge in [0.25, 0.3) is 11.8 Å². The molecule has 1 aliphatic rings. The molecule has 3 heterocycles. The molecule has 0 saturated carbocycles. The Balaban J connectivity index is 1.39. The van der Waals surface area contributed by atoms with Gasteiger partial charge in [-0.1, -0.05) is 0 Å². The lowest BCUT2D eigenvalue weighted by molar-refractivity contribution is -0.152. The summed E-state index contributed by atoms with van der Waals surface area (Å²) in [6.45, 7) is -0.944. The van der Waals surface area contributed by atoms with Crippen molar-refractivity contribution in [3.05, 3.63) is 78.1 Å². The van der Waals surface area contributed by atoms with Gasteiger partial charge < -0.3 is 23.6 Å². The molecule has 1 atom stereocenters. The zero-order chi connectivity index (χ0) is 23.2. The molecule has 10 nitrogen and oxygen atoms in total. The molecule has 0 aliphatic carbocycles. The fourth-order valence-electron chi connectivity index (χ4n) is 3.31. The Labute approximate surface area is 188 Å². The van der Waals surface area contributed by atoms with Gasteiger partial charge in [0.2, 0.25) is 0 Å². The molecule has 0 radical (unpaired) electrons. The van der Waals surface area contributed by atoms with Crippen molar-refractivity contribution in [2.24, 2.45) is 5.10 Å². The Morgan fingerprint density at radius 3 is 2.52 bits per heavy atom. The van der Waals surface area contributed by atoms with Crippen LogP contribution in [0.4, 0.5) is 0 Å². The second-order valence-corrected chi connectivity index (χ2v) is 7.07. The van der Waals surface area contributed by atoms with E-state index in [4.69, 9.17) is 18.3 Å². The molecule has 1 aromatic carbocycles. The Kier molecular flexibility index (Phi) is 6.53. The number of hydrazone groups is 1. The third-order valence-electron chi connectivity index (χ3n) is 4.96. The highest BCUT2D eigenvalue weighted by Crippen LogP contribution is 2.33. The molecule has 2 aromatic heterocycles. The average Bonchev–Trinajstić information content (AvgIpc) is 3.62. The lowest BCUT2D eigenvalue weighted by Crippen LogP contribution is -2.34. The Morgan fingerprint density at radius 1 is 1.09 bits per heavy atom. The summed E-state index contributed by atoms with van der Waals surface area (Å²) in [7, 11) is 1.58. The lowest BCUT2D eigenvalue weighted by Gasteiger charge is -2.19. The van der Waals surface area contributed by atoms with Crippen molar-refractivity contribution in [2.45, 2.75) is 12.5 Å². The molecular weight excluding hydrogens is 430 g/mol. The van der Waals surface area contributed by atoms with Crippen LogP contribution in [0.2, 0.25) is 0 Å². The van der Waals surface area contributed by atoms with E-state index < -0.39 is 37.0 Å². The average molecular weight is 451 g/mol. The Bertz CT molecular complexity index is 1140. The van der Waals surface area contributed by atoms with Crippen LogP contribution < -0.4 is 10.1 Å². The van der Waals surface area contributed by atoms with Gasteiger partial charge in [-0.25, -0.2) is 5.01 Å². The van der Waals surface area contributed by atoms with Crippen molar-refractivity contribution in [2.75, 3.05) is 20.3 Å². The number of methoxy groups -OCH3 is 1. The Hall–Kier alpha value is -4.34. The number of carbonyl (C=O) groups excluding carboxylic acids is 3. The molecule has 0 bridgehead atoms. The van der Waals surface area contributed by atoms with Crippen LogP contribution in [0.3, 0.4) is 0 Å². The maximum absolute atomic E-state index is 12.8. The van der Waals surface area contributed by atoms with Gasteiger partial charge in [-0.15, -0.1) is 0 Å². The molecule has 33 heavy (non-hydrogen) atoms. The number of furan rings is 2. The van der Waals surface area contributed by atoms with E-state index in [1.165, 1.54) is 23.6 Å². The minimum absolute atomic E-state index is 0.0673. The highest BCUT2D eigenvalue weighted by molar-refractivity contribution is 6.03. The van der Waals surface area contributed by atoms with E-state index in [2.05, 4.69) is 10.4 Å². The molecule has 4 rings (SSSR count). The van der Waals surface area contributed by atoms with Crippen LogP contribution in [-0.2, 0) is 14.3 Å². The van der Waals surface area contributed by atoms with Crippen LogP contribution in [-0.4, -0.2) is 48.8 Å². The molecule has 0 fully saturated rings. The van der Waals surface area contributed by atoms with Gasteiger partial charge in [0.15, 0.2) is 12.4 Å². The molecule has 170 valence electrons. The quantitative estimate of drug-likeness (QED) is 0.522. The molecular formula is C23H21N3O7. The van der Waals surface area contributed by atoms with Gasteiger partial charge in [0, 0.05) is 6.42 Å². The number of amides is 2. The van der Waals surface area contributed by atoms with Crippen molar-refractivity contribution >= 4 is 23.5 Å². The van der Waals surface area contributed by atoms with E-state index in [0.717, 1.165) is 5.56 Å². The third kappa shape index (κ3) is 5.12. The van der Waals surface area contributed by atoms with Crippen LogP contribution in [0.25, 0.3) is 0 Å². The van der Waals surface area contributed by atoms with Crippen LogP contribution in [0, 0.1) is 0 Å². The van der Waals surface area contributed by atoms with Crippen molar-refractivity contribution in [1.82, 2.24) is 10.3 Å². The third-order valence-corrected chi connectivity index (χ3v) is 4.96. The zero-order valence-corrected chi connectivity index (χ0v) is 17.7. The standard InChI is InChI=1S/C23H21N3O7/c1-30-16-8-6-15(7-9-16)17-12-18(19-4-2-10-31-19)26(25-17)21(27)14-33-22(28)13-24-23(29)20-5-3-11-32-20/h2-11,18H,12-14H2,1H3,(H,24,29). The summed E-state index contributed by atoms with van der Waals surface area (Å²) in [4.78, 5) is 36.6. The second kappa shape index (κ2) is 9.86. The maximum Gasteiger partial charge on any atom is 0.325 e. The highest BCUT2D eigenvalue weighted by atomic mass is 16.5. The summed E-state index contributed by atoms with van der Waals surface area (Å²) in [5, 5.41) is 8.08. The normalized spacial score (nSPS) is 15.1. The largest absolute Gasteiger partial charge is 0.497 e. The number of carbonyl (C=O) groups is 3. The summed E-state index contributed by atoms with van der Waals surface area (Å²) in [5.74, 6) is -0.513. The zero-order valence-electron chi connectivity index (χ0n) is 17.7. The van der Waals surface area contributed by atoms with Crippen LogP contribution in [0.15, 0.2) is 75.0 Å². The molecule has 0 spiro atoms. The summed E-state index contributed by atoms with van der Waals surface area (Å²) in [6.07, 6.45) is 3.29. The first-order valence-electron chi connectivity index (χ1n) is 10.1. The number of hydrogen-bond acceptors (Lipinski definition) is 8. The summed E-state index contributed by atoms with van der Waals surface area (Å²) >= 11 is 0. The SMILES string of the molecule is COc1ccc(C2=NN(C(=O)COC(=O)CNC(=O)c3ccco3)C(c3ccco3)C2)cc1. The van der Waals surface area contributed by atoms with Crippen molar-refractivity contribution < 1.29 is 32.7 Å². The lowest BCUT2D eigenvalue weighted by atomic mass is 10.0. The van der Waals surface area contributed by atoms with Gasteiger partial charge in [0.1, 0.15) is 24.1 Å². The predicted molar refractivity (Wildman–Crippen MR) is 114 cm³/mol. The van der Waals surface area contributed by atoms with Crippen LogP contribution >= 0.6 is 0 Å². The first kappa shape index (κ1) is 21.9. The van der Waals surface area contributed by atoms with E-state index >= 15 is 0 Å². The van der Waals surface area contributed by atoms with Crippen LogP contribution in [0.5, 0.6) is 5.75 Å². The number of hydrogen-bond donors (Lipinski definition) is 1. The van der Waals surface area contributed by atoms with Crippen molar-refractivity contribution in [3.8, 4) is 5.75 Å². The van der Waals surface area contributed by atoms with E-state index in [-0.39, 0.29) is 5.76 Å². The van der Waals surface area contributed by atoms with Gasteiger partial charge in [-0.05, 0) is 54.1 Å². The van der Waals surface area contributed by atoms with Crippen LogP contribution in [0.1, 0.15) is 34.3 Å². The number of rotatable bonds is 8. The molecule has 1 N–H and O–H groups in total. The first-order valence-corrected chi connectivity index (χ1v) is 10.1. The predicted octanol–water partition coefficient (Wildman–Crippen LogP) is 2.53. The van der Waals surface area contributed by atoms with E-state index in [0.29, 0.717) is 23.6 Å². The number of nitrogens with one attached hydrogen (secondary N) is 1. The Morgan fingerprint density at radius 2 is 1.85 bits per heavy atom. The topological polar surface area (TPSA) is 124 Å². The summed E-state index contributed by atoms with van der Waals surface area (Å²) in [6, 6.07) is 13.4. The van der Waals surface area contributed by atoms with Crippen molar-refractivity contribution in [3.63, 3.8) is 0 Å². The number of esters is 1. The van der Waals surface area contributed by atoms with E-state index in [1.807, 2.05) is 24.3 Å². The minimum Gasteiger partial charge on any atom is -0.497 e. The minimum atomic E-state index is -0.767. The van der Waals surface area contributed by atoms with E-state index in [1.54, 1.807) is 25.3 Å². The fraction of sp³-hybridized carbons (Fsp3) is 0.217. The monoisotopic (exact) mass is 451 g/mol. The molecule has 1 aliphatic heterocycles. The first-order chi connectivity index (χ1) is 16.0. The number of ether oxygens (including phenoxy) is 2. The second-order valence-electron chi connectivity index (χ2n) is 7.07. The maximum atomic E-state index is 12.8. The fourth-order valence-corrected chi connectivity index (χ4v) is 3.31. The molecule has 0 saturated heterocycles. The van der Waals surface area contributed by atoms with Gasteiger partial charge in [0.05, 0.1) is 25.3 Å². The molecule has 3 aromatic rings. The molecule has 10 heteroatoms. The molecule has 2 amide bonds. The number of nitrogens with zero attached hydrogens (tertiary/aromatic N) is 2. The van der Waals surface area contributed by atoms with Gasteiger partial charge in [-0.3, -0.25) is 14.4 Å². The highest BCUT2D eigenvalue weighted by Gasteiger charge is 2.35. The van der Waals surface area contributed by atoms with Gasteiger partial charge in [-0.2, -0.15) is 5.10 Å². The van der Waals surface area contributed by atoms with Crippen molar-refractivity contribution in [1.29, 1.82) is 0 Å². The smallest absolute Gasteiger partial charge is 0.325 e.